The lowest BCUT2D eigenvalue weighted by molar-refractivity contribution is -0.155. The first-order chi connectivity index (χ1) is 8.87. The van der Waals surface area contributed by atoms with Crippen LogP contribution in [0.1, 0.15) is 46.0 Å². The number of nitrogens with zero attached hydrogens (tertiary/aromatic N) is 1. The minimum Gasteiger partial charge on any atom is -0.481 e. The molecule has 108 valence electrons. The minimum atomic E-state index is -0.799. The second kappa shape index (κ2) is 5.12. The van der Waals surface area contributed by atoms with Gasteiger partial charge < -0.3 is 15.3 Å². The van der Waals surface area contributed by atoms with E-state index < -0.39 is 16.9 Å². The molecule has 2 fully saturated rings. The zero-order valence-electron chi connectivity index (χ0n) is 11.9. The van der Waals surface area contributed by atoms with Crippen molar-refractivity contribution < 1.29 is 14.7 Å². The summed E-state index contributed by atoms with van der Waals surface area (Å²) in [5, 5.41) is 12.6. The van der Waals surface area contributed by atoms with E-state index in [1.165, 1.54) is 0 Å². The zero-order chi connectivity index (χ0) is 14.1. The summed E-state index contributed by atoms with van der Waals surface area (Å²) in [6.45, 7) is 5.57. The van der Waals surface area contributed by atoms with E-state index in [1.807, 2.05) is 6.92 Å². The van der Waals surface area contributed by atoms with Crippen LogP contribution >= 0.6 is 0 Å². The fourth-order valence-electron chi connectivity index (χ4n) is 3.18. The summed E-state index contributed by atoms with van der Waals surface area (Å²) in [5.74, 6) is -0.730. The van der Waals surface area contributed by atoms with Crippen molar-refractivity contribution in [1.29, 1.82) is 0 Å². The van der Waals surface area contributed by atoms with Gasteiger partial charge in [0.25, 0.3) is 0 Å². The molecule has 2 aliphatic rings. The van der Waals surface area contributed by atoms with Crippen molar-refractivity contribution >= 4 is 11.9 Å². The summed E-state index contributed by atoms with van der Waals surface area (Å²) in [5.41, 5.74) is -1.30. The minimum absolute atomic E-state index is 0.0689. The van der Waals surface area contributed by atoms with Crippen molar-refractivity contribution in [2.75, 3.05) is 19.6 Å². The highest BCUT2D eigenvalue weighted by atomic mass is 16.4. The summed E-state index contributed by atoms with van der Waals surface area (Å²) in [4.78, 5) is 25.7. The Bertz CT molecular complexity index is 377. The molecular formula is C14H24N2O3. The Balaban J connectivity index is 2.08. The van der Waals surface area contributed by atoms with Crippen LogP contribution in [-0.4, -0.2) is 47.1 Å². The molecule has 0 saturated carbocycles. The maximum Gasteiger partial charge on any atom is 0.311 e. The molecule has 0 bridgehead atoms. The standard InChI is InChI=1S/C14H24N2O3/c1-13(12(18)19)6-5-9-16(10-13)11(17)14(2)7-3-4-8-15-14/h15H,3-10H2,1-2H3,(H,18,19). The van der Waals surface area contributed by atoms with Crippen LogP contribution in [0.3, 0.4) is 0 Å². The summed E-state index contributed by atoms with van der Waals surface area (Å²) in [6.07, 6.45) is 4.42. The van der Waals surface area contributed by atoms with Gasteiger partial charge in [0, 0.05) is 13.1 Å². The van der Waals surface area contributed by atoms with E-state index in [9.17, 15) is 14.7 Å². The number of amides is 1. The van der Waals surface area contributed by atoms with Gasteiger partial charge in [-0.2, -0.15) is 0 Å². The summed E-state index contributed by atoms with van der Waals surface area (Å²) >= 11 is 0. The maximum atomic E-state index is 12.7. The quantitative estimate of drug-likeness (QED) is 0.790. The molecule has 19 heavy (non-hydrogen) atoms. The first-order valence-electron chi connectivity index (χ1n) is 7.15. The molecule has 1 amide bonds. The number of nitrogens with one attached hydrogen (secondary N) is 1. The number of aliphatic carboxylic acids is 1. The summed E-state index contributed by atoms with van der Waals surface area (Å²) in [6, 6.07) is 0. The van der Waals surface area contributed by atoms with E-state index in [2.05, 4.69) is 5.32 Å². The Morgan fingerprint density at radius 2 is 1.89 bits per heavy atom. The highest BCUT2D eigenvalue weighted by Crippen LogP contribution is 2.32. The van der Waals surface area contributed by atoms with Gasteiger partial charge >= 0.3 is 5.97 Å². The van der Waals surface area contributed by atoms with Crippen LogP contribution in [0, 0.1) is 5.41 Å². The molecule has 2 atom stereocenters. The van der Waals surface area contributed by atoms with Crippen molar-refractivity contribution in [3.8, 4) is 0 Å². The van der Waals surface area contributed by atoms with E-state index >= 15 is 0 Å². The fourth-order valence-corrected chi connectivity index (χ4v) is 3.18. The lowest BCUT2D eigenvalue weighted by Crippen LogP contribution is -2.61. The fraction of sp³-hybridized carbons (Fsp3) is 0.857. The topological polar surface area (TPSA) is 69.6 Å². The number of piperidine rings is 2. The van der Waals surface area contributed by atoms with Gasteiger partial charge in [0.2, 0.25) is 5.91 Å². The number of hydrogen-bond donors (Lipinski definition) is 2. The predicted molar refractivity (Wildman–Crippen MR) is 71.8 cm³/mol. The van der Waals surface area contributed by atoms with Crippen molar-refractivity contribution in [2.24, 2.45) is 5.41 Å². The SMILES string of the molecule is CC1(C(=O)O)CCCN(C(=O)C2(C)CCCCN2)C1. The van der Waals surface area contributed by atoms with E-state index in [0.717, 1.165) is 32.2 Å². The lowest BCUT2D eigenvalue weighted by Gasteiger charge is -2.43. The molecule has 2 heterocycles. The van der Waals surface area contributed by atoms with Crippen molar-refractivity contribution in [3.63, 3.8) is 0 Å². The Labute approximate surface area is 114 Å². The van der Waals surface area contributed by atoms with E-state index in [4.69, 9.17) is 0 Å². The molecule has 0 radical (unpaired) electrons. The molecule has 5 nitrogen and oxygen atoms in total. The second-order valence-electron chi connectivity index (χ2n) is 6.41. The van der Waals surface area contributed by atoms with Gasteiger partial charge in [0.1, 0.15) is 0 Å². The molecular weight excluding hydrogens is 244 g/mol. The normalized spacial score (nSPS) is 36.0. The highest BCUT2D eigenvalue weighted by Gasteiger charge is 2.44. The van der Waals surface area contributed by atoms with Crippen LogP contribution in [0.15, 0.2) is 0 Å². The van der Waals surface area contributed by atoms with Crippen molar-refractivity contribution in [1.82, 2.24) is 10.2 Å². The van der Waals surface area contributed by atoms with Gasteiger partial charge in [-0.15, -0.1) is 0 Å². The first kappa shape index (κ1) is 14.3. The van der Waals surface area contributed by atoms with E-state index in [-0.39, 0.29) is 5.91 Å². The second-order valence-corrected chi connectivity index (χ2v) is 6.41. The number of carboxylic acids is 1. The van der Waals surface area contributed by atoms with Crippen LogP contribution in [0.5, 0.6) is 0 Å². The molecule has 2 saturated heterocycles. The summed E-state index contributed by atoms with van der Waals surface area (Å²) < 4.78 is 0. The molecule has 2 N–H and O–H groups in total. The molecule has 2 unspecified atom stereocenters. The first-order valence-corrected chi connectivity index (χ1v) is 7.15. The molecule has 0 spiro atoms. The third-order valence-corrected chi connectivity index (χ3v) is 4.59. The monoisotopic (exact) mass is 268 g/mol. The number of rotatable bonds is 2. The number of carbonyl (C=O) groups is 2. The number of carbonyl (C=O) groups excluding carboxylic acids is 1. The largest absolute Gasteiger partial charge is 0.481 e. The molecule has 5 heteroatoms. The lowest BCUT2D eigenvalue weighted by atomic mass is 9.80. The average Bonchev–Trinajstić information content (AvgIpc) is 2.38. The van der Waals surface area contributed by atoms with E-state index in [1.54, 1.807) is 11.8 Å². The highest BCUT2D eigenvalue weighted by molar-refractivity contribution is 5.87. The van der Waals surface area contributed by atoms with Crippen molar-refractivity contribution in [2.45, 2.75) is 51.5 Å². The Morgan fingerprint density at radius 1 is 1.16 bits per heavy atom. The molecule has 0 aromatic carbocycles. The summed E-state index contributed by atoms with van der Waals surface area (Å²) in [7, 11) is 0. The van der Waals surface area contributed by atoms with Crippen LogP contribution in [0.4, 0.5) is 0 Å². The Morgan fingerprint density at radius 3 is 2.47 bits per heavy atom. The molecule has 2 aliphatic heterocycles. The molecule has 0 aliphatic carbocycles. The van der Waals surface area contributed by atoms with E-state index in [0.29, 0.717) is 19.5 Å². The smallest absolute Gasteiger partial charge is 0.311 e. The van der Waals surface area contributed by atoms with Crippen LogP contribution in [0.25, 0.3) is 0 Å². The number of hydrogen-bond acceptors (Lipinski definition) is 3. The van der Waals surface area contributed by atoms with Crippen LogP contribution < -0.4 is 5.32 Å². The van der Waals surface area contributed by atoms with Crippen LogP contribution in [0.2, 0.25) is 0 Å². The maximum absolute atomic E-state index is 12.7. The van der Waals surface area contributed by atoms with Gasteiger partial charge in [0.05, 0.1) is 11.0 Å². The van der Waals surface area contributed by atoms with Crippen LogP contribution in [-0.2, 0) is 9.59 Å². The van der Waals surface area contributed by atoms with Gasteiger partial charge in [0.15, 0.2) is 0 Å². The van der Waals surface area contributed by atoms with Crippen molar-refractivity contribution in [3.05, 3.63) is 0 Å². The van der Waals surface area contributed by atoms with Gasteiger partial charge in [-0.05, 0) is 52.5 Å². The molecule has 0 aromatic rings. The third-order valence-electron chi connectivity index (χ3n) is 4.59. The Kier molecular flexibility index (Phi) is 3.85. The average molecular weight is 268 g/mol. The van der Waals surface area contributed by atoms with Gasteiger partial charge in [-0.25, -0.2) is 0 Å². The number of likely N-dealkylation sites (tertiary alicyclic amines) is 1. The van der Waals surface area contributed by atoms with Gasteiger partial charge in [-0.3, -0.25) is 9.59 Å². The predicted octanol–water partition coefficient (Wildman–Crippen LogP) is 1.23. The number of carboxylic acid groups (broad SMARTS) is 1. The molecule has 0 aromatic heterocycles. The Hall–Kier alpha value is -1.10. The third kappa shape index (κ3) is 2.76. The zero-order valence-corrected chi connectivity index (χ0v) is 11.9. The van der Waals surface area contributed by atoms with Gasteiger partial charge in [-0.1, -0.05) is 0 Å². The molecule has 2 rings (SSSR count).